The van der Waals surface area contributed by atoms with E-state index < -0.39 is 17.5 Å². The van der Waals surface area contributed by atoms with Crippen molar-refractivity contribution in [1.82, 2.24) is 9.78 Å². The van der Waals surface area contributed by atoms with Crippen molar-refractivity contribution < 1.29 is 13.2 Å². The lowest BCUT2D eigenvalue weighted by atomic mass is 10.0. The molecular weight excluding hydrogens is 365 g/mol. The molecule has 0 atom stereocenters. The second-order valence-corrected chi connectivity index (χ2v) is 6.04. The summed E-state index contributed by atoms with van der Waals surface area (Å²) in [5.41, 5.74) is 0.0800. The number of rotatable bonds is 3. The van der Waals surface area contributed by atoms with E-state index in [2.05, 4.69) is 10.4 Å². The van der Waals surface area contributed by atoms with E-state index in [0.29, 0.717) is 5.69 Å². The number of hydrogen-bond acceptors (Lipinski definition) is 3. The van der Waals surface area contributed by atoms with Gasteiger partial charge in [-0.25, -0.2) is 13.2 Å². The third-order valence-electron chi connectivity index (χ3n) is 3.83. The fourth-order valence-electron chi connectivity index (χ4n) is 2.70. The van der Waals surface area contributed by atoms with Crippen molar-refractivity contribution in [3.63, 3.8) is 0 Å². The Balaban J connectivity index is 2.18. The third kappa shape index (κ3) is 3.11. The van der Waals surface area contributed by atoms with Crippen molar-refractivity contribution in [2.45, 2.75) is 6.92 Å². The summed E-state index contributed by atoms with van der Waals surface area (Å²) in [5, 5.41) is 16.0. The summed E-state index contributed by atoms with van der Waals surface area (Å²) in [7, 11) is 1.56. The van der Waals surface area contributed by atoms with E-state index in [9.17, 15) is 13.2 Å². The van der Waals surface area contributed by atoms with Gasteiger partial charge in [0.2, 0.25) is 0 Å². The normalized spacial score (nSPS) is 10.7. The number of aromatic nitrogens is 2. The summed E-state index contributed by atoms with van der Waals surface area (Å²) in [6.45, 7) is 1.58. The number of anilines is 2. The second kappa shape index (κ2) is 6.73. The molecule has 132 valence electrons. The molecule has 0 aliphatic heterocycles. The Hall–Kier alpha value is -2.98. The maximum atomic E-state index is 14.5. The predicted octanol–water partition coefficient (Wildman–Crippen LogP) is 5.08. The summed E-state index contributed by atoms with van der Waals surface area (Å²) in [6, 6.07) is 7.60. The lowest BCUT2D eigenvalue weighted by molar-refractivity contribution is 0.588. The van der Waals surface area contributed by atoms with Gasteiger partial charge in [0.25, 0.3) is 0 Å². The van der Waals surface area contributed by atoms with Gasteiger partial charge in [0.05, 0.1) is 34.1 Å². The number of halogens is 4. The zero-order valence-electron chi connectivity index (χ0n) is 13.7. The molecule has 0 spiro atoms. The van der Waals surface area contributed by atoms with Crippen molar-refractivity contribution in [3.05, 3.63) is 64.1 Å². The van der Waals surface area contributed by atoms with Crippen molar-refractivity contribution in [3.8, 4) is 17.2 Å². The number of nitrogens with one attached hydrogen (secondary N) is 1. The lowest BCUT2D eigenvalue weighted by Crippen LogP contribution is -2.03. The van der Waals surface area contributed by atoms with E-state index >= 15 is 0 Å². The number of benzene rings is 2. The largest absolute Gasteiger partial charge is 0.338 e. The highest BCUT2D eigenvalue weighted by Crippen LogP contribution is 2.37. The molecule has 1 N–H and O–H groups in total. The molecule has 1 aromatic heterocycles. The number of nitrogens with zero attached hydrogens (tertiary/aromatic N) is 3. The highest BCUT2D eigenvalue weighted by molar-refractivity contribution is 6.30. The van der Waals surface area contributed by atoms with E-state index in [4.69, 9.17) is 16.9 Å². The molecule has 0 unspecified atom stereocenters. The van der Waals surface area contributed by atoms with Gasteiger partial charge < -0.3 is 5.32 Å². The quantitative estimate of drug-likeness (QED) is 0.693. The van der Waals surface area contributed by atoms with E-state index in [-0.39, 0.29) is 33.2 Å². The van der Waals surface area contributed by atoms with Crippen molar-refractivity contribution >= 4 is 23.1 Å². The standard InChI is InChI=1S/C18H12ClF3N4/c1-9-16(17-13(21)5-10(8-23)6-14(17)22)18(26(2)25-9)24-15-4-3-11(19)7-12(15)20/h3-7,24H,1-2H3. The Kier molecular flexibility index (Phi) is 4.62. The number of hydrogen-bond donors (Lipinski definition) is 1. The van der Waals surface area contributed by atoms with Crippen molar-refractivity contribution in [2.24, 2.45) is 7.05 Å². The van der Waals surface area contributed by atoms with E-state index in [0.717, 1.165) is 18.2 Å². The van der Waals surface area contributed by atoms with Crippen LogP contribution in [0.25, 0.3) is 11.1 Å². The van der Waals surface area contributed by atoms with Gasteiger partial charge >= 0.3 is 0 Å². The minimum Gasteiger partial charge on any atom is -0.338 e. The van der Waals surface area contributed by atoms with Crippen LogP contribution < -0.4 is 5.32 Å². The van der Waals surface area contributed by atoms with Crippen LogP contribution >= 0.6 is 11.6 Å². The van der Waals surface area contributed by atoms with Crippen molar-refractivity contribution in [2.75, 3.05) is 5.32 Å². The van der Waals surface area contributed by atoms with Crippen molar-refractivity contribution in [1.29, 1.82) is 5.26 Å². The van der Waals surface area contributed by atoms with Crippen LogP contribution in [0.1, 0.15) is 11.3 Å². The van der Waals surface area contributed by atoms with E-state index in [1.165, 1.54) is 16.8 Å². The van der Waals surface area contributed by atoms with Crippen LogP contribution in [0.15, 0.2) is 30.3 Å². The molecular formula is C18H12ClF3N4. The van der Waals surface area contributed by atoms with Gasteiger partial charge in [0.1, 0.15) is 23.3 Å². The molecule has 3 rings (SSSR count). The minimum absolute atomic E-state index is 0.0770. The van der Waals surface area contributed by atoms with Gasteiger partial charge in [0.15, 0.2) is 0 Å². The van der Waals surface area contributed by atoms with Gasteiger partial charge in [0, 0.05) is 12.1 Å². The molecule has 4 nitrogen and oxygen atoms in total. The Labute approximate surface area is 152 Å². The summed E-state index contributed by atoms with van der Waals surface area (Å²) < 4.78 is 44.4. The summed E-state index contributed by atoms with van der Waals surface area (Å²) in [4.78, 5) is 0. The average molecular weight is 377 g/mol. The maximum absolute atomic E-state index is 14.5. The topological polar surface area (TPSA) is 53.6 Å². The highest BCUT2D eigenvalue weighted by Gasteiger charge is 2.23. The monoisotopic (exact) mass is 376 g/mol. The van der Waals surface area contributed by atoms with Crippen LogP contribution in [-0.4, -0.2) is 9.78 Å². The Bertz CT molecular complexity index is 1030. The zero-order valence-corrected chi connectivity index (χ0v) is 14.5. The Morgan fingerprint density at radius 3 is 2.31 bits per heavy atom. The molecule has 2 aromatic carbocycles. The zero-order chi connectivity index (χ0) is 19.0. The van der Waals surface area contributed by atoms with Gasteiger partial charge in [-0.2, -0.15) is 10.4 Å². The molecule has 0 aliphatic rings. The smallest absolute Gasteiger partial charge is 0.148 e. The van der Waals surface area contributed by atoms with Crippen LogP contribution in [0.4, 0.5) is 24.7 Å². The summed E-state index contributed by atoms with van der Waals surface area (Å²) in [5.74, 6) is -2.23. The first-order valence-electron chi connectivity index (χ1n) is 7.47. The van der Waals surface area contributed by atoms with E-state index in [1.54, 1.807) is 20.0 Å². The Morgan fingerprint density at radius 1 is 1.08 bits per heavy atom. The highest BCUT2D eigenvalue weighted by atomic mass is 35.5. The van der Waals surface area contributed by atoms with Gasteiger partial charge in [-0.1, -0.05) is 11.6 Å². The first-order chi connectivity index (χ1) is 12.3. The molecule has 0 aliphatic carbocycles. The third-order valence-corrected chi connectivity index (χ3v) is 4.06. The number of aryl methyl sites for hydroxylation is 2. The van der Waals surface area contributed by atoms with Crippen LogP contribution in [0, 0.1) is 35.7 Å². The van der Waals surface area contributed by atoms with Crippen LogP contribution in [0.5, 0.6) is 0 Å². The molecule has 0 radical (unpaired) electrons. The Morgan fingerprint density at radius 2 is 1.73 bits per heavy atom. The molecule has 8 heteroatoms. The first kappa shape index (κ1) is 17.8. The summed E-state index contributed by atoms with van der Waals surface area (Å²) in [6.07, 6.45) is 0. The molecule has 0 saturated heterocycles. The SMILES string of the molecule is Cc1nn(C)c(Nc2ccc(Cl)cc2F)c1-c1c(F)cc(C#N)cc1F. The van der Waals surface area contributed by atoms with Crippen LogP contribution in [0.3, 0.4) is 0 Å². The molecule has 1 heterocycles. The fraction of sp³-hybridized carbons (Fsp3) is 0.111. The van der Waals surface area contributed by atoms with Crippen LogP contribution in [0.2, 0.25) is 5.02 Å². The minimum atomic E-state index is -0.905. The average Bonchev–Trinajstić information content (AvgIpc) is 2.83. The predicted molar refractivity (Wildman–Crippen MR) is 92.7 cm³/mol. The number of nitriles is 1. The lowest BCUT2D eigenvalue weighted by Gasteiger charge is -2.12. The second-order valence-electron chi connectivity index (χ2n) is 5.61. The molecule has 0 saturated carbocycles. The maximum Gasteiger partial charge on any atom is 0.148 e. The van der Waals surface area contributed by atoms with Gasteiger partial charge in [-0.15, -0.1) is 0 Å². The molecule has 26 heavy (non-hydrogen) atoms. The fourth-order valence-corrected chi connectivity index (χ4v) is 2.85. The molecule has 3 aromatic rings. The molecule has 0 amide bonds. The van der Waals surface area contributed by atoms with Gasteiger partial charge in [-0.05, 0) is 37.3 Å². The van der Waals surface area contributed by atoms with Crippen LogP contribution in [-0.2, 0) is 7.05 Å². The van der Waals surface area contributed by atoms with Gasteiger partial charge in [-0.3, -0.25) is 4.68 Å². The first-order valence-corrected chi connectivity index (χ1v) is 7.84. The molecule has 0 bridgehead atoms. The van der Waals surface area contributed by atoms with E-state index in [1.807, 2.05) is 0 Å². The summed E-state index contributed by atoms with van der Waals surface area (Å²) >= 11 is 5.74. The molecule has 0 fully saturated rings.